The van der Waals surface area contributed by atoms with E-state index in [-0.39, 0.29) is 23.2 Å². The van der Waals surface area contributed by atoms with E-state index in [4.69, 9.17) is 9.72 Å². The number of hydrogen-bond acceptors (Lipinski definition) is 6. The van der Waals surface area contributed by atoms with E-state index in [0.717, 1.165) is 32.9 Å². The second-order valence-corrected chi connectivity index (χ2v) is 11.0. The number of thiophene rings is 1. The molecule has 0 unspecified atom stereocenters. The quantitative estimate of drug-likeness (QED) is 0.193. The maximum Gasteiger partial charge on any atom is 0.267 e. The van der Waals surface area contributed by atoms with Crippen LogP contribution in [0.1, 0.15) is 40.2 Å². The highest BCUT2D eigenvalue weighted by Crippen LogP contribution is 2.36. The van der Waals surface area contributed by atoms with Gasteiger partial charge in [0, 0.05) is 16.9 Å². The van der Waals surface area contributed by atoms with Gasteiger partial charge in [0.25, 0.3) is 5.56 Å². The Morgan fingerprint density at radius 1 is 1.21 bits per heavy atom. The summed E-state index contributed by atoms with van der Waals surface area (Å²) in [5.74, 6) is 0.584. The van der Waals surface area contributed by atoms with Crippen molar-refractivity contribution in [3.05, 3.63) is 86.5 Å². The normalized spacial score (nSPS) is 15.6. The van der Waals surface area contributed by atoms with Gasteiger partial charge in [-0.1, -0.05) is 68.1 Å². The Bertz CT molecular complexity index is 1420. The maximum atomic E-state index is 14.0. The molecule has 1 aliphatic heterocycles. The lowest BCUT2D eigenvalue weighted by molar-refractivity contribution is 0.00200. The van der Waals surface area contributed by atoms with Gasteiger partial charge in [-0.2, -0.15) is 0 Å². The van der Waals surface area contributed by atoms with Gasteiger partial charge >= 0.3 is 0 Å². The van der Waals surface area contributed by atoms with Crippen LogP contribution in [0.4, 0.5) is 0 Å². The fourth-order valence-corrected chi connectivity index (χ4v) is 6.34. The van der Waals surface area contributed by atoms with E-state index in [1.807, 2.05) is 61.5 Å². The van der Waals surface area contributed by atoms with Gasteiger partial charge in [-0.05, 0) is 36.1 Å². The average Bonchev–Trinajstić information content (AvgIpc) is 3.21. The zero-order valence-electron chi connectivity index (χ0n) is 19.4. The number of nitrogens with zero attached hydrogens (tertiary/aromatic N) is 2. The molecular formula is C27H26N2O3S2. The van der Waals surface area contributed by atoms with Gasteiger partial charge in [-0.15, -0.1) is 11.3 Å². The molecule has 4 aromatic rings. The maximum absolute atomic E-state index is 14.0. The molecule has 0 spiro atoms. The van der Waals surface area contributed by atoms with Crippen LogP contribution in [0.5, 0.6) is 0 Å². The highest BCUT2D eigenvalue weighted by molar-refractivity contribution is 7.99. The minimum atomic E-state index is -0.0767. The molecule has 0 bridgehead atoms. The first-order valence-electron chi connectivity index (χ1n) is 11.4. The van der Waals surface area contributed by atoms with Gasteiger partial charge in [-0.25, -0.2) is 4.98 Å². The van der Waals surface area contributed by atoms with Crippen molar-refractivity contribution in [1.82, 2.24) is 9.55 Å². The number of carbonyl (C=O) groups is 1. The van der Waals surface area contributed by atoms with E-state index in [0.29, 0.717) is 28.6 Å². The van der Waals surface area contributed by atoms with Gasteiger partial charge in [-0.3, -0.25) is 14.2 Å². The minimum absolute atomic E-state index is 0.00869. The third-order valence-corrected chi connectivity index (χ3v) is 8.18. The SMILES string of the molecule is Cc1cccc(-n2c(SCC(=O)c3ccccc3)nc3sc4c(c3c2=O)C[C@@H](C(C)C)OC4)c1. The van der Waals surface area contributed by atoms with Crippen molar-refractivity contribution >= 4 is 39.1 Å². The highest BCUT2D eigenvalue weighted by atomic mass is 32.2. The van der Waals surface area contributed by atoms with E-state index in [9.17, 15) is 9.59 Å². The first kappa shape index (κ1) is 23.0. The Kier molecular flexibility index (Phi) is 6.42. The lowest BCUT2D eigenvalue weighted by Gasteiger charge is -2.26. The topological polar surface area (TPSA) is 61.2 Å². The number of rotatable bonds is 6. The van der Waals surface area contributed by atoms with Crippen LogP contribution in [0.25, 0.3) is 15.9 Å². The van der Waals surface area contributed by atoms with Crippen molar-refractivity contribution in [2.45, 2.75) is 45.1 Å². The van der Waals surface area contributed by atoms with Crippen LogP contribution in [0.2, 0.25) is 0 Å². The third-order valence-electron chi connectivity index (χ3n) is 6.14. The van der Waals surface area contributed by atoms with Crippen LogP contribution in [-0.4, -0.2) is 27.2 Å². The summed E-state index contributed by atoms with van der Waals surface area (Å²) in [4.78, 5) is 33.5. The lowest BCUT2D eigenvalue weighted by Crippen LogP contribution is -2.28. The fraction of sp³-hybridized carbons (Fsp3) is 0.296. The summed E-state index contributed by atoms with van der Waals surface area (Å²) in [5, 5.41) is 1.22. The second kappa shape index (κ2) is 9.49. The van der Waals surface area contributed by atoms with Crippen LogP contribution in [0, 0.1) is 12.8 Å². The van der Waals surface area contributed by atoms with Gasteiger partial charge < -0.3 is 4.74 Å². The Morgan fingerprint density at radius 2 is 2.00 bits per heavy atom. The molecule has 2 aromatic carbocycles. The molecule has 1 aliphatic rings. The van der Waals surface area contributed by atoms with Crippen LogP contribution >= 0.6 is 23.1 Å². The number of hydrogen-bond donors (Lipinski definition) is 0. The van der Waals surface area contributed by atoms with Crippen molar-refractivity contribution in [3.8, 4) is 5.69 Å². The molecule has 0 saturated carbocycles. The van der Waals surface area contributed by atoms with Crippen LogP contribution in [0.3, 0.4) is 0 Å². The van der Waals surface area contributed by atoms with E-state index in [1.54, 1.807) is 4.57 Å². The Labute approximate surface area is 206 Å². The molecule has 0 aliphatic carbocycles. The van der Waals surface area contributed by atoms with E-state index in [1.165, 1.54) is 23.1 Å². The minimum Gasteiger partial charge on any atom is -0.372 e. The number of aromatic nitrogens is 2. The number of carbonyl (C=O) groups excluding carboxylic acids is 1. The first-order chi connectivity index (χ1) is 16.4. The zero-order valence-corrected chi connectivity index (χ0v) is 21.0. The molecule has 3 heterocycles. The van der Waals surface area contributed by atoms with Crippen LogP contribution < -0.4 is 5.56 Å². The molecule has 0 saturated heterocycles. The number of benzene rings is 2. The van der Waals surface area contributed by atoms with Crippen LogP contribution in [0.15, 0.2) is 64.5 Å². The molecule has 0 amide bonds. The second-order valence-electron chi connectivity index (χ2n) is 8.93. The number of thioether (sulfide) groups is 1. The molecule has 5 nitrogen and oxygen atoms in total. The molecule has 0 radical (unpaired) electrons. The summed E-state index contributed by atoms with van der Waals surface area (Å²) in [7, 11) is 0. The van der Waals surface area contributed by atoms with Gasteiger partial charge in [0.1, 0.15) is 4.83 Å². The summed E-state index contributed by atoms with van der Waals surface area (Å²) in [6, 6.07) is 17.1. The molecule has 174 valence electrons. The monoisotopic (exact) mass is 490 g/mol. The molecular weight excluding hydrogens is 464 g/mol. The number of ketones is 1. The molecule has 5 rings (SSSR count). The predicted molar refractivity (Wildman–Crippen MR) is 139 cm³/mol. The summed E-state index contributed by atoms with van der Waals surface area (Å²) in [6.45, 7) is 6.80. The summed E-state index contributed by atoms with van der Waals surface area (Å²) in [6.07, 6.45) is 0.811. The van der Waals surface area contributed by atoms with E-state index in [2.05, 4.69) is 13.8 Å². The van der Waals surface area contributed by atoms with Crippen molar-refractivity contribution in [3.63, 3.8) is 0 Å². The number of fused-ring (bicyclic) bond motifs is 3. The molecule has 7 heteroatoms. The lowest BCUT2D eigenvalue weighted by atomic mass is 9.96. The molecule has 34 heavy (non-hydrogen) atoms. The largest absolute Gasteiger partial charge is 0.372 e. The van der Waals surface area contributed by atoms with Crippen molar-refractivity contribution in [2.75, 3.05) is 5.75 Å². The summed E-state index contributed by atoms with van der Waals surface area (Å²) >= 11 is 2.84. The first-order valence-corrected chi connectivity index (χ1v) is 13.2. The van der Waals surface area contributed by atoms with E-state index < -0.39 is 0 Å². The standard InChI is InChI=1S/C27H26N2O3S2/c1-16(2)22-13-20-23(14-32-22)34-25-24(20)26(31)29(19-11-7-8-17(3)12-19)27(28-25)33-15-21(30)18-9-5-4-6-10-18/h4-12,16,22H,13-15H2,1-3H3/t22-/m0/s1. The average molecular weight is 491 g/mol. The van der Waals surface area contributed by atoms with Crippen molar-refractivity contribution < 1.29 is 9.53 Å². The highest BCUT2D eigenvalue weighted by Gasteiger charge is 2.29. The Morgan fingerprint density at radius 3 is 2.74 bits per heavy atom. The number of ether oxygens (including phenoxy) is 1. The van der Waals surface area contributed by atoms with Gasteiger partial charge in [0.2, 0.25) is 0 Å². The third kappa shape index (κ3) is 4.35. The Hall–Kier alpha value is -2.74. The van der Waals surface area contributed by atoms with Crippen molar-refractivity contribution in [2.24, 2.45) is 5.92 Å². The fourth-order valence-electron chi connectivity index (χ4n) is 4.27. The molecule has 2 aromatic heterocycles. The Balaban J connectivity index is 1.62. The summed E-state index contributed by atoms with van der Waals surface area (Å²) < 4.78 is 7.72. The van der Waals surface area contributed by atoms with E-state index >= 15 is 0 Å². The van der Waals surface area contributed by atoms with Crippen LogP contribution in [-0.2, 0) is 17.8 Å². The molecule has 1 atom stereocenters. The van der Waals surface area contributed by atoms with Gasteiger partial charge in [0.05, 0.1) is 29.5 Å². The molecule has 0 fully saturated rings. The summed E-state index contributed by atoms with van der Waals surface area (Å²) in [5.41, 5.74) is 3.47. The number of Topliss-reactive ketones (excluding diaryl/α,β-unsaturated/α-hetero) is 1. The zero-order chi connectivity index (χ0) is 23.8. The van der Waals surface area contributed by atoms with Crippen molar-refractivity contribution in [1.29, 1.82) is 0 Å². The predicted octanol–water partition coefficient (Wildman–Crippen LogP) is 5.83. The smallest absolute Gasteiger partial charge is 0.267 e. The number of aryl methyl sites for hydroxylation is 1. The van der Waals surface area contributed by atoms with Gasteiger partial charge in [0.15, 0.2) is 10.9 Å². The molecule has 0 N–H and O–H groups in total.